The number of hydrogen-bond donors (Lipinski definition) is 3. The fourth-order valence-electron chi connectivity index (χ4n) is 8.71. The molecule has 0 radical (unpaired) electrons. The van der Waals surface area contributed by atoms with E-state index in [-0.39, 0.29) is 29.5 Å². The summed E-state index contributed by atoms with van der Waals surface area (Å²) in [6, 6.07) is 0. The van der Waals surface area contributed by atoms with Crippen LogP contribution in [0.3, 0.4) is 0 Å². The largest absolute Gasteiger partial charge is 0.481 e. The lowest BCUT2D eigenvalue weighted by atomic mass is 9.43. The minimum Gasteiger partial charge on any atom is -0.481 e. The van der Waals surface area contributed by atoms with Gasteiger partial charge in [-0.15, -0.1) is 0 Å². The third-order valence-corrected chi connectivity index (χ3v) is 10.3. The van der Waals surface area contributed by atoms with E-state index in [4.69, 9.17) is 5.11 Å². The molecule has 3 N–H and O–H groups in total. The van der Waals surface area contributed by atoms with E-state index >= 15 is 0 Å². The highest BCUT2D eigenvalue weighted by Gasteiger charge is 2.63. The summed E-state index contributed by atoms with van der Waals surface area (Å²) < 4.78 is 0. The Balaban J connectivity index is 1.56. The second-order valence-corrected chi connectivity index (χ2v) is 11.3. The number of fused-ring (bicyclic) bond motifs is 5. The van der Waals surface area contributed by atoms with Gasteiger partial charge in [0, 0.05) is 6.42 Å². The van der Waals surface area contributed by atoms with E-state index in [1.54, 1.807) is 0 Å². The SMILES string of the molecule is C[C@H](CCC(=O)O)[C@H]1CC[C@H]2[C@@H]3CC[C@@H]4C[C@H](O)CC[C@]4(C)C3C[C@@H](O)[C@]12C. The first-order valence-corrected chi connectivity index (χ1v) is 11.8. The Morgan fingerprint density at radius 1 is 1.04 bits per heavy atom. The first kappa shape index (κ1) is 20.7. The Morgan fingerprint density at radius 3 is 2.50 bits per heavy atom. The van der Waals surface area contributed by atoms with Gasteiger partial charge in [0.1, 0.15) is 0 Å². The van der Waals surface area contributed by atoms with Crippen LogP contribution in [-0.2, 0) is 4.79 Å². The Labute approximate surface area is 170 Å². The van der Waals surface area contributed by atoms with Crippen molar-refractivity contribution in [2.24, 2.45) is 46.3 Å². The molecular weight excluding hydrogens is 352 g/mol. The molecule has 4 rings (SSSR count). The number of carbonyl (C=O) groups is 1. The van der Waals surface area contributed by atoms with Crippen molar-refractivity contribution >= 4 is 5.97 Å². The maximum absolute atomic E-state index is 11.5. The summed E-state index contributed by atoms with van der Waals surface area (Å²) in [5.74, 6) is 2.55. The molecule has 10 atom stereocenters. The van der Waals surface area contributed by atoms with Crippen LogP contribution in [0.15, 0.2) is 0 Å². The summed E-state index contributed by atoms with van der Waals surface area (Å²) in [7, 11) is 0. The van der Waals surface area contributed by atoms with Crippen LogP contribution in [-0.4, -0.2) is 33.5 Å². The second-order valence-electron chi connectivity index (χ2n) is 11.3. The van der Waals surface area contributed by atoms with Crippen molar-refractivity contribution in [1.82, 2.24) is 0 Å². The van der Waals surface area contributed by atoms with Gasteiger partial charge in [0.05, 0.1) is 12.2 Å². The summed E-state index contributed by atoms with van der Waals surface area (Å²) in [5.41, 5.74) is 0.216. The molecule has 0 aromatic carbocycles. The molecule has 160 valence electrons. The standard InChI is InChI=1S/C24H40O4/c1-14(4-9-22(27)28)18-7-8-19-17-6-5-15-12-16(25)10-11-23(15,2)20(17)13-21(26)24(18,19)3/h14-21,25-26H,4-13H2,1-3H3,(H,27,28)/t14-,15-,16-,17+,18-,19+,20?,21-,23+,24-/m1/s1. The smallest absolute Gasteiger partial charge is 0.303 e. The average molecular weight is 393 g/mol. The van der Waals surface area contributed by atoms with Gasteiger partial charge >= 0.3 is 5.97 Å². The van der Waals surface area contributed by atoms with Gasteiger partial charge < -0.3 is 15.3 Å². The van der Waals surface area contributed by atoms with Crippen molar-refractivity contribution in [1.29, 1.82) is 0 Å². The first-order chi connectivity index (χ1) is 13.2. The maximum atomic E-state index is 11.5. The third kappa shape index (κ3) is 3.05. The Hall–Kier alpha value is -0.610. The number of carboxylic acid groups (broad SMARTS) is 1. The molecule has 0 aromatic heterocycles. The van der Waals surface area contributed by atoms with Crippen molar-refractivity contribution in [2.45, 2.75) is 97.2 Å². The van der Waals surface area contributed by atoms with E-state index in [9.17, 15) is 15.0 Å². The summed E-state index contributed by atoms with van der Waals surface area (Å²) in [6.45, 7) is 6.99. The summed E-state index contributed by atoms with van der Waals surface area (Å²) in [6.07, 6.45) is 9.26. The highest BCUT2D eigenvalue weighted by Crippen LogP contribution is 2.68. The number of hydrogen-bond acceptors (Lipinski definition) is 3. The molecule has 0 aliphatic heterocycles. The van der Waals surface area contributed by atoms with E-state index < -0.39 is 5.97 Å². The monoisotopic (exact) mass is 392 g/mol. The summed E-state index contributed by atoms with van der Waals surface area (Å²) >= 11 is 0. The average Bonchev–Trinajstić information content (AvgIpc) is 3.00. The Morgan fingerprint density at radius 2 is 1.79 bits per heavy atom. The van der Waals surface area contributed by atoms with Crippen LogP contribution in [0.25, 0.3) is 0 Å². The molecule has 4 aliphatic rings. The Kier molecular flexibility index (Phi) is 5.36. The van der Waals surface area contributed by atoms with Crippen LogP contribution < -0.4 is 0 Å². The molecular formula is C24H40O4. The zero-order valence-electron chi connectivity index (χ0n) is 17.9. The van der Waals surface area contributed by atoms with Crippen LogP contribution in [0, 0.1) is 46.3 Å². The summed E-state index contributed by atoms with van der Waals surface area (Å²) in [4.78, 5) is 11.1. The van der Waals surface area contributed by atoms with Crippen molar-refractivity contribution < 1.29 is 20.1 Å². The molecule has 0 aromatic rings. The lowest BCUT2D eigenvalue weighted by molar-refractivity contribution is -0.175. The Bertz CT molecular complexity index is 605. The molecule has 4 saturated carbocycles. The number of carboxylic acids is 1. The van der Waals surface area contributed by atoms with Crippen LogP contribution >= 0.6 is 0 Å². The minimum absolute atomic E-state index is 0.0591. The second kappa shape index (κ2) is 7.27. The predicted molar refractivity (Wildman–Crippen MR) is 109 cm³/mol. The fourth-order valence-corrected chi connectivity index (χ4v) is 8.71. The van der Waals surface area contributed by atoms with Crippen molar-refractivity contribution in [2.75, 3.05) is 0 Å². The van der Waals surface area contributed by atoms with E-state index in [1.165, 1.54) is 19.3 Å². The molecule has 0 amide bonds. The molecule has 1 unspecified atom stereocenters. The third-order valence-electron chi connectivity index (χ3n) is 10.3. The molecule has 4 heteroatoms. The van der Waals surface area contributed by atoms with Crippen molar-refractivity contribution in [3.63, 3.8) is 0 Å². The lowest BCUT2D eigenvalue weighted by Gasteiger charge is -2.62. The molecule has 28 heavy (non-hydrogen) atoms. The molecule has 4 nitrogen and oxygen atoms in total. The van der Waals surface area contributed by atoms with Gasteiger partial charge in [0.15, 0.2) is 0 Å². The predicted octanol–water partition coefficient (Wildman–Crippen LogP) is 4.48. The molecule has 4 aliphatic carbocycles. The van der Waals surface area contributed by atoms with Crippen molar-refractivity contribution in [3.05, 3.63) is 0 Å². The van der Waals surface area contributed by atoms with Crippen LogP contribution in [0.5, 0.6) is 0 Å². The van der Waals surface area contributed by atoms with E-state index in [1.807, 2.05) is 0 Å². The highest BCUT2D eigenvalue weighted by atomic mass is 16.4. The maximum Gasteiger partial charge on any atom is 0.303 e. The molecule has 0 spiro atoms. The number of rotatable bonds is 4. The number of aliphatic hydroxyl groups excluding tert-OH is 2. The van der Waals surface area contributed by atoms with Gasteiger partial charge in [-0.2, -0.15) is 0 Å². The van der Waals surface area contributed by atoms with Crippen LogP contribution in [0.2, 0.25) is 0 Å². The van der Waals surface area contributed by atoms with E-state index in [0.29, 0.717) is 35.5 Å². The van der Waals surface area contributed by atoms with Crippen molar-refractivity contribution in [3.8, 4) is 0 Å². The molecule has 0 bridgehead atoms. The van der Waals surface area contributed by atoms with Gasteiger partial charge in [-0.3, -0.25) is 4.79 Å². The zero-order valence-corrected chi connectivity index (χ0v) is 17.9. The molecule has 4 fully saturated rings. The number of aliphatic hydroxyl groups is 2. The van der Waals surface area contributed by atoms with Gasteiger partial charge in [0.25, 0.3) is 0 Å². The van der Waals surface area contributed by atoms with E-state index in [0.717, 1.165) is 38.5 Å². The normalized spacial score (nSPS) is 51.7. The highest BCUT2D eigenvalue weighted by molar-refractivity contribution is 5.66. The van der Waals surface area contributed by atoms with E-state index in [2.05, 4.69) is 20.8 Å². The van der Waals surface area contributed by atoms with Gasteiger partial charge in [-0.05, 0) is 104 Å². The summed E-state index contributed by atoms with van der Waals surface area (Å²) in [5, 5.41) is 30.8. The molecule has 0 heterocycles. The topological polar surface area (TPSA) is 77.8 Å². The quantitative estimate of drug-likeness (QED) is 0.659. The van der Waals surface area contributed by atoms with Crippen LogP contribution in [0.4, 0.5) is 0 Å². The van der Waals surface area contributed by atoms with Gasteiger partial charge in [-0.1, -0.05) is 20.8 Å². The van der Waals surface area contributed by atoms with Gasteiger partial charge in [-0.25, -0.2) is 0 Å². The molecule has 0 saturated heterocycles. The minimum atomic E-state index is -0.707. The first-order valence-electron chi connectivity index (χ1n) is 11.8. The van der Waals surface area contributed by atoms with Crippen LogP contribution in [0.1, 0.15) is 85.0 Å². The fraction of sp³-hybridized carbons (Fsp3) is 0.958. The zero-order chi connectivity index (χ0) is 20.3. The number of aliphatic carboxylic acids is 1. The lowest BCUT2D eigenvalue weighted by Crippen LogP contribution is -2.58. The van der Waals surface area contributed by atoms with Gasteiger partial charge in [0.2, 0.25) is 0 Å².